The summed E-state index contributed by atoms with van der Waals surface area (Å²) in [6.45, 7) is 5.83. The first-order chi connectivity index (χ1) is 20.1. The standard InChI is InChI=1S/C32H38Cl2N4O4/c1-3-10-38(11-4-2)31(40)24-15-23(30(36)39)16-25(17-24)32(41)42-29(20-37-19-21-8-6-5-7-9-21)28(35)14-22-12-26(33)18-27(34)13-22/h5-9,12-13,15-18,28-29,37H,3-4,10-11,14,19-20,35H2,1-2H3,(H2,36,39)/t28-,29+/m0/s1. The van der Waals surface area contributed by atoms with E-state index in [9.17, 15) is 14.4 Å². The van der Waals surface area contributed by atoms with E-state index >= 15 is 0 Å². The molecule has 224 valence electrons. The lowest BCUT2D eigenvalue weighted by molar-refractivity contribution is 0.0238. The Bertz CT molecular complexity index is 1340. The third-order valence-electron chi connectivity index (χ3n) is 6.62. The fourth-order valence-corrected chi connectivity index (χ4v) is 5.19. The number of ether oxygens (including phenoxy) is 1. The Morgan fingerprint density at radius 1 is 0.857 bits per heavy atom. The highest BCUT2D eigenvalue weighted by Crippen LogP contribution is 2.21. The van der Waals surface area contributed by atoms with Crippen LogP contribution in [0.3, 0.4) is 0 Å². The summed E-state index contributed by atoms with van der Waals surface area (Å²) in [6, 6.07) is 18.5. The Morgan fingerprint density at radius 3 is 2.05 bits per heavy atom. The Balaban J connectivity index is 1.87. The maximum absolute atomic E-state index is 13.5. The van der Waals surface area contributed by atoms with Crippen LogP contribution in [0.15, 0.2) is 66.7 Å². The van der Waals surface area contributed by atoms with Gasteiger partial charge in [-0.2, -0.15) is 0 Å². The molecule has 0 aromatic heterocycles. The first-order valence-electron chi connectivity index (χ1n) is 14.0. The smallest absolute Gasteiger partial charge is 0.338 e. The van der Waals surface area contributed by atoms with Crippen LogP contribution in [0.25, 0.3) is 0 Å². The molecular weight excluding hydrogens is 575 g/mol. The van der Waals surface area contributed by atoms with Crippen molar-refractivity contribution in [3.8, 4) is 0 Å². The molecule has 0 heterocycles. The number of carbonyl (C=O) groups is 3. The van der Waals surface area contributed by atoms with Crippen LogP contribution in [0.2, 0.25) is 10.0 Å². The fraction of sp³-hybridized carbons (Fsp3) is 0.344. The van der Waals surface area contributed by atoms with Gasteiger partial charge >= 0.3 is 5.97 Å². The van der Waals surface area contributed by atoms with Crippen LogP contribution in [0.4, 0.5) is 0 Å². The van der Waals surface area contributed by atoms with Gasteiger partial charge in [0, 0.05) is 53.4 Å². The maximum Gasteiger partial charge on any atom is 0.338 e. The number of rotatable bonds is 15. The van der Waals surface area contributed by atoms with Crippen molar-refractivity contribution >= 4 is 41.0 Å². The van der Waals surface area contributed by atoms with E-state index in [4.69, 9.17) is 39.4 Å². The van der Waals surface area contributed by atoms with Crippen molar-refractivity contribution in [1.29, 1.82) is 0 Å². The van der Waals surface area contributed by atoms with Gasteiger partial charge in [-0.25, -0.2) is 4.79 Å². The average molecular weight is 614 g/mol. The summed E-state index contributed by atoms with van der Waals surface area (Å²) in [4.78, 5) is 40.6. The van der Waals surface area contributed by atoms with Gasteiger partial charge in [0.05, 0.1) is 5.56 Å². The van der Waals surface area contributed by atoms with Crippen molar-refractivity contribution in [2.75, 3.05) is 19.6 Å². The minimum Gasteiger partial charge on any atom is -0.456 e. The summed E-state index contributed by atoms with van der Waals surface area (Å²) in [5, 5.41) is 4.25. The second-order valence-electron chi connectivity index (χ2n) is 10.2. The predicted octanol–water partition coefficient (Wildman–Crippen LogP) is 5.24. The normalized spacial score (nSPS) is 12.4. The molecular formula is C32H38Cl2N4O4. The van der Waals surface area contributed by atoms with E-state index in [0.29, 0.717) is 36.1 Å². The average Bonchev–Trinajstić information content (AvgIpc) is 2.95. The molecule has 0 aliphatic carbocycles. The Kier molecular flexibility index (Phi) is 12.8. The largest absolute Gasteiger partial charge is 0.456 e. The first kappa shape index (κ1) is 33.1. The lowest BCUT2D eigenvalue weighted by Crippen LogP contribution is -2.46. The van der Waals surface area contributed by atoms with Gasteiger partial charge in [-0.05, 0) is 66.8 Å². The van der Waals surface area contributed by atoms with Gasteiger partial charge in [-0.3, -0.25) is 9.59 Å². The number of esters is 1. The monoisotopic (exact) mass is 612 g/mol. The molecule has 3 aromatic carbocycles. The van der Waals surface area contributed by atoms with Crippen molar-refractivity contribution in [1.82, 2.24) is 10.2 Å². The van der Waals surface area contributed by atoms with Gasteiger partial charge in [0.1, 0.15) is 6.10 Å². The molecule has 2 amide bonds. The zero-order chi connectivity index (χ0) is 30.6. The van der Waals surface area contributed by atoms with Crippen LogP contribution in [-0.2, 0) is 17.7 Å². The highest BCUT2D eigenvalue weighted by Gasteiger charge is 2.26. The summed E-state index contributed by atoms with van der Waals surface area (Å²) in [5.74, 6) is -1.77. The van der Waals surface area contributed by atoms with E-state index in [1.807, 2.05) is 44.2 Å². The van der Waals surface area contributed by atoms with Crippen molar-refractivity contribution in [2.24, 2.45) is 11.5 Å². The van der Waals surface area contributed by atoms with Crippen molar-refractivity contribution in [3.05, 3.63) is 105 Å². The second-order valence-corrected chi connectivity index (χ2v) is 11.0. The molecule has 0 unspecified atom stereocenters. The molecule has 2 atom stereocenters. The molecule has 10 heteroatoms. The molecule has 0 saturated carbocycles. The van der Waals surface area contributed by atoms with Crippen LogP contribution in [-0.4, -0.2) is 54.5 Å². The number of primary amides is 1. The molecule has 42 heavy (non-hydrogen) atoms. The van der Waals surface area contributed by atoms with Crippen LogP contribution >= 0.6 is 23.2 Å². The topological polar surface area (TPSA) is 128 Å². The number of hydrogen-bond acceptors (Lipinski definition) is 6. The van der Waals surface area contributed by atoms with E-state index in [1.165, 1.54) is 18.2 Å². The molecule has 3 rings (SSSR count). The van der Waals surface area contributed by atoms with E-state index < -0.39 is 24.0 Å². The molecule has 0 fully saturated rings. The van der Waals surface area contributed by atoms with E-state index in [-0.39, 0.29) is 29.1 Å². The Morgan fingerprint density at radius 2 is 1.45 bits per heavy atom. The number of amides is 2. The zero-order valence-electron chi connectivity index (χ0n) is 23.9. The lowest BCUT2D eigenvalue weighted by Gasteiger charge is -2.25. The Hall–Kier alpha value is -3.43. The summed E-state index contributed by atoms with van der Waals surface area (Å²) >= 11 is 12.4. The van der Waals surface area contributed by atoms with E-state index in [0.717, 1.165) is 24.0 Å². The SMILES string of the molecule is CCCN(CCC)C(=O)c1cc(C(N)=O)cc(C(=O)O[C@H](CNCc2ccccc2)[C@@H](N)Cc2cc(Cl)cc(Cl)c2)c1. The van der Waals surface area contributed by atoms with Crippen LogP contribution in [0.1, 0.15) is 68.9 Å². The second kappa shape index (κ2) is 16.3. The number of benzene rings is 3. The first-order valence-corrected chi connectivity index (χ1v) is 14.8. The molecule has 0 radical (unpaired) electrons. The molecule has 0 bridgehead atoms. The maximum atomic E-state index is 13.5. The van der Waals surface area contributed by atoms with Crippen molar-refractivity contribution in [3.63, 3.8) is 0 Å². The third kappa shape index (κ3) is 9.84. The van der Waals surface area contributed by atoms with Gasteiger partial charge in [-0.1, -0.05) is 67.4 Å². The van der Waals surface area contributed by atoms with E-state index in [2.05, 4.69) is 5.32 Å². The van der Waals surface area contributed by atoms with E-state index in [1.54, 1.807) is 23.1 Å². The molecule has 0 saturated heterocycles. The molecule has 0 aliphatic heterocycles. The minimum absolute atomic E-state index is 0.0358. The highest BCUT2D eigenvalue weighted by molar-refractivity contribution is 6.34. The third-order valence-corrected chi connectivity index (χ3v) is 7.06. The van der Waals surface area contributed by atoms with Gasteiger partial charge in [-0.15, -0.1) is 0 Å². The molecule has 5 N–H and O–H groups in total. The summed E-state index contributed by atoms with van der Waals surface area (Å²) in [7, 11) is 0. The molecule has 0 aliphatic rings. The summed E-state index contributed by atoms with van der Waals surface area (Å²) in [6.07, 6.45) is 1.10. The van der Waals surface area contributed by atoms with Gasteiger partial charge < -0.3 is 26.4 Å². The van der Waals surface area contributed by atoms with Crippen LogP contribution in [0.5, 0.6) is 0 Å². The molecule has 8 nitrogen and oxygen atoms in total. The Labute approximate surface area is 257 Å². The quantitative estimate of drug-likeness (QED) is 0.201. The van der Waals surface area contributed by atoms with Crippen molar-refractivity contribution < 1.29 is 19.1 Å². The predicted molar refractivity (Wildman–Crippen MR) is 167 cm³/mol. The number of carbonyl (C=O) groups excluding carboxylic acids is 3. The summed E-state index contributed by atoms with van der Waals surface area (Å²) < 4.78 is 5.92. The van der Waals surface area contributed by atoms with Gasteiger partial charge in [0.2, 0.25) is 5.91 Å². The summed E-state index contributed by atoms with van der Waals surface area (Å²) in [5.41, 5.74) is 14.3. The molecule has 0 spiro atoms. The number of nitrogens with one attached hydrogen (secondary N) is 1. The van der Waals surface area contributed by atoms with Gasteiger partial charge in [0.25, 0.3) is 5.91 Å². The minimum atomic E-state index is -0.771. The van der Waals surface area contributed by atoms with Crippen molar-refractivity contribution in [2.45, 2.75) is 51.8 Å². The number of halogens is 2. The zero-order valence-corrected chi connectivity index (χ0v) is 25.5. The molecule has 3 aromatic rings. The highest BCUT2D eigenvalue weighted by atomic mass is 35.5. The van der Waals surface area contributed by atoms with Crippen LogP contribution in [0, 0.1) is 0 Å². The van der Waals surface area contributed by atoms with Gasteiger partial charge in [0.15, 0.2) is 0 Å². The van der Waals surface area contributed by atoms with Crippen LogP contribution < -0.4 is 16.8 Å². The lowest BCUT2D eigenvalue weighted by atomic mass is 10.0. The number of hydrogen-bond donors (Lipinski definition) is 3. The number of nitrogens with zero attached hydrogens (tertiary/aromatic N) is 1. The fourth-order valence-electron chi connectivity index (χ4n) is 4.62. The number of nitrogens with two attached hydrogens (primary N) is 2.